The minimum absolute atomic E-state index is 0.0804. The van der Waals surface area contributed by atoms with E-state index >= 15 is 0 Å². The lowest BCUT2D eigenvalue weighted by molar-refractivity contribution is 0.0997. The summed E-state index contributed by atoms with van der Waals surface area (Å²) in [5, 5.41) is 5.93. The lowest BCUT2D eigenvalue weighted by Gasteiger charge is -2.22. The van der Waals surface area contributed by atoms with Crippen LogP contribution in [-0.4, -0.2) is 59.5 Å². The molecule has 2 N–H and O–H groups in total. The predicted molar refractivity (Wildman–Crippen MR) is 220 cm³/mol. The van der Waals surface area contributed by atoms with Crippen molar-refractivity contribution in [2.75, 3.05) is 38.5 Å². The van der Waals surface area contributed by atoms with E-state index in [0.29, 0.717) is 54.3 Å². The zero-order chi connectivity index (χ0) is 41.3. The molecule has 0 saturated carbocycles. The van der Waals surface area contributed by atoms with Crippen LogP contribution < -0.4 is 30.3 Å². The Morgan fingerprint density at radius 3 is 2.19 bits per heavy atom. The second-order valence-electron chi connectivity index (χ2n) is 13.4. The van der Waals surface area contributed by atoms with Crippen LogP contribution in [0.2, 0.25) is 0 Å². The third kappa shape index (κ3) is 9.58. The molecule has 7 aromatic rings. The van der Waals surface area contributed by atoms with Crippen LogP contribution in [0.15, 0.2) is 131 Å². The second-order valence-corrected chi connectivity index (χ2v) is 13.4. The maximum Gasteiger partial charge on any atom is 0.291 e. The third-order valence-corrected chi connectivity index (χ3v) is 9.44. The van der Waals surface area contributed by atoms with Gasteiger partial charge in [-0.15, -0.1) is 0 Å². The molecule has 3 heterocycles. The van der Waals surface area contributed by atoms with Gasteiger partial charge < -0.3 is 29.3 Å². The number of nitrogens with one attached hydrogen (secondary N) is 2. The van der Waals surface area contributed by atoms with E-state index in [9.17, 15) is 18.8 Å². The summed E-state index contributed by atoms with van der Waals surface area (Å²) in [6.07, 6.45) is 7.52. The van der Waals surface area contributed by atoms with Gasteiger partial charge in [0.2, 0.25) is 0 Å². The van der Waals surface area contributed by atoms with Crippen molar-refractivity contribution in [3.63, 3.8) is 0 Å². The topological polar surface area (TPSA) is 158 Å². The summed E-state index contributed by atoms with van der Waals surface area (Å²) < 4.78 is 36.4. The van der Waals surface area contributed by atoms with Crippen LogP contribution in [0.5, 0.6) is 17.2 Å². The quantitative estimate of drug-likeness (QED) is 0.106. The van der Waals surface area contributed by atoms with Gasteiger partial charge in [0.1, 0.15) is 17.1 Å². The maximum absolute atomic E-state index is 14.4. The molecule has 3 aromatic heterocycles. The van der Waals surface area contributed by atoms with Crippen LogP contribution in [0.3, 0.4) is 0 Å². The number of nitrogens with zero attached hydrogens (tertiary/aromatic N) is 4. The minimum Gasteiger partial charge on any atom is -0.495 e. The monoisotopic (exact) mass is 794 g/mol. The lowest BCUT2D eigenvalue weighted by Crippen LogP contribution is -2.25. The fourth-order valence-electron chi connectivity index (χ4n) is 6.42. The Balaban J connectivity index is 1.05. The van der Waals surface area contributed by atoms with Crippen LogP contribution in [-0.2, 0) is 19.5 Å². The highest BCUT2D eigenvalue weighted by Crippen LogP contribution is 2.34. The molecule has 298 valence electrons. The molecule has 2 amide bonds. The number of carbonyl (C=O) groups is 2. The number of benzene rings is 4. The van der Waals surface area contributed by atoms with Crippen molar-refractivity contribution in [1.82, 2.24) is 19.9 Å². The average molecular weight is 795 g/mol. The number of para-hydroxylation sites is 1. The van der Waals surface area contributed by atoms with Crippen LogP contribution in [0, 0.1) is 5.82 Å². The van der Waals surface area contributed by atoms with E-state index in [4.69, 9.17) is 18.6 Å². The van der Waals surface area contributed by atoms with Gasteiger partial charge >= 0.3 is 0 Å². The number of anilines is 2. The van der Waals surface area contributed by atoms with E-state index in [1.807, 2.05) is 18.2 Å². The first kappa shape index (κ1) is 39.8. The number of methoxy groups -OCH3 is 3. The lowest BCUT2D eigenvalue weighted by atomic mass is 10.1. The summed E-state index contributed by atoms with van der Waals surface area (Å²) in [4.78, 5) is 55.3. The van der Waals surface area contributed by atoms with Gasteiger partial charge in [0, 0.05) is 61.6 Å². The molecule has 14 heteroatoms. The van der Waals surface area contributed by atoms with Gasteiger partial charge in [-0.1, -0.05) is 36.4 Å². The standard InChI is InChI=1S/C45H39FN6O7/c1-56-32-18-29(22-47-25-32)26-52(27-30-23-48-43(49-24-30)33-8-4-6-10-36(33)46)17-16-28-12-14-31(15-13-28)50-44(54)35-19-40(57-2)41(58-3)20-37(35)51-45(55)42-21-38(53)34-9-5-7-11-39(34)59-42/h4-15,18-25H,16-17,26-27H2,1-3H3,(H,50,54)(H,51,55). The van der Waals surface area contributed by atoms with Crippen molar-refractivity contribution in [1.29, 1.82) is 0 Å². The van der Waals surface area contributed by atoms with E-state index in [0.717, 1.165) is 22.8 Å². The van der Waals surface area contributed by atoms with Crippen molar-refractivity contribution < 1.29 is 32.6 Å². The molecule has 0 aliphatic rings. The fourth-order valence-corrected chi connectivity index (χ4v) is 6.42. The molecule has 0 atom stereocenters. The van der Waals surface area contributed by atoms with Crippen molar-refractivity contribution in [2.24, 2.45) is 0 Å². The number of pyridine rings is 1. The van der Waals surface area contributed by atoms with Gasteiger partial charge in [-0.3, -0.25) is 24.3 Å². The van der Waals surface area contributed by atoms with Gasteiger partial charge in [0.05, 0.1) is 49.7 Å². The van der Waals surface area contributed by atoms with Crippen LogP contribution in [0.25, 0.3) is 22.4 Å². The summed E-state index contributed by atoms with van der Waals surface area (Å²) >= 11 is 0. The number of ether oxygens (including phenoxy) is 3. The SMILES string of the molecule is COc1cncc(CN(CCc2ccc(NC(=O)c3cc(OC)c(OC)cc3NC(=O)c3cc(=O)c4ccccc4o3)cc2)Cc2cnc(-c3ccccc3F)nc2)c1. The van der Waals surface area contributed by atoms with Crippen molar-refractivity contribution >= 4 is 34.2 Å². The molecule has 4 aromatic carbocycles. The molecule has 0 aliphatic heterocycles. The zero-order valence-corrected chi connectivity index (χ0v) is 32.4. The van der Waals surface area contributed by atoms with Crippen molar-refractivity contribution in [2.45, 2.75) is 19.5 Å². The smallest absolute Gasteiger partial charge is 0.291 e. The predicted octanol–water partition coefficient (Wildman–Crippen LogP) is 7.56. The molecule has 0 aliphatic carbocycles. The van der Waals surface area contributed by atoms with Crippen LogP contribution >= 0.6 is 0 Å². The van der Waals surface area contributed by atoms with E-state index in [1.54, 1.807) is 86.5 Å². The minimum atomic E-state index is -0.734. The normalized spacial score (nSPS) is 11.0. The number of aromatic nitrogens is 3. The van der Waals surface area contributed by atoms with Crippen LogP contribution in [0.1, 0.15) is 37.6 Å². The molecule has 59 heavy (non-hydrogen) atoms. The molecule has 0 radical (unpaired) electrons. The highest BCUT2D eigenvalue weighted by molar-refractivity contribution is 6.12. The number of amides is 2. The number of rotatable bonds is 15. The summed E-state index contributed by atoms with van der Waals surface area (Å²) in [7, 11) is 4.47. The molecule has 0 bridgehead atoms. The second kappa shape index (κ2) is 18.2. The molecular weight excluding hydrogens is 756 g/mol. The highest BCUT2D eigenvalue weighted by atomic mass is 19.1. The number of carbonyl (C=O) groups excluding carboxylic acids is 2. The van der Waals surface area contributed by atoms with Gasteiger partial charge in [0.15, 0.2) is 28.5 Å². The Labute approximate surface area is 338 Å². The fraction of sp³-hybridized carbons (Fsp3) is 0.156. The van der Waals surface area contributed by atoms with E-state index < -0.39 is 11.8 Å². The Morgan fingerprint density at radius 2 is 1.44 bits per heavy atom. The number of halogens is 1. The van der Waals surface area contributed by atoms with E-state index in [-0.39, 0.29) is 45.3 Å². The maximum atomic E-state index is 14.4. The number of hydrogen-bond donors (Lipinski definition) is 2. The summed E-state index contributed by atoms with van der Waals surface area (Å²) in [6, 6.07) is 26.4. The average Bonchev–Trinajstić information content (AvgIpc) is 3.26. The van der Waals surface area contributed by atoms with Gasteiger partial charge in [-0.05, 0) is 66.1 Å². The number of fused-ring (bicyclic) bond motifs is 1. The van der Waals surface area contributed by atoms with Gasteiger partial charge in [-0.2, -0.15) is 0 Å². The summed E-state index contributed by atoms with van der Waals surface area (Å²) in [5.74, 6) is -0.378. The Bertz CT molecular complexity index is 2670. The zero-order valence-electron chi connectivity index (χ0n) is 32.4. The molecule has 0 fully saturated rings. The molecule has 0 unspecified atom stereocenters. The Kier molecular flexibility index (Phi) is 12.3. The van der Waals surface area contributed by atoms with Gasteiger partial charge in [-0.25, -0.2) is 14.4 Å². The Morgan fingerprint density at radius 1 is 0.729 bits per heavy atom. The molecule has 0 saturated heterocycles. The largest absolute Gasteiger partial charge is 0.495 e. The molecule has 0 spiro atoms. The van der Waals surface area contributed by atoms with E-state index in [1.165, 1.54) is 32.4 Å². The first-order chi connectivity index (χ1) is 28.7. The molecule has 7 rings (SSSR count). The summed E-state index contributed by atoms with van der Waals surface area (Å²) in [6.45, 7) is 1.72. The summed E-state index contributed by atoms with van der Waals surface area (Å²) in [5.41, 5.74) is 3.73. The van der Waals surface area contributed by atoms with Crippen molar-refractivity contribution in [3.05, 3.63) is 166 Å². The highest BCUT2D eigenvalue weighted by Gasteiger charge is 2.21. The third-order valence-electron chi connectivity index (χ3n) is 9.44. The number of hydrogen-bond acceptors (Lipinski definition) is 11. The molecule has 13 nitrogen and oxygen atoms in total. The van der Waals surface area contributed by atoms with Crippen molar-refractivity contribution in [3.8, 4) is 28.6 Å². The first-order valence-corrected chi connectivity index (χ1v) is 18.5. The van der Waals surface area contributed by atoms with Crippen LogP contribution in [0.4, 0.5) is 15.8 Å². The first-order valence-electron chi connectivity index (χ1n) is 18.5. The molecular formula is C45H39FN6O7. The Hall–Kier alpha value is -7.45. The van der Waals surface area contributed by atoms with Gasteiger partial charge in [0.25, 0.3) is 11.8 Å². The van der Waals surface area contributed by atoms with E-state index in [2.05, 4.69) is 30.5 Å².